The van der Waals surface area contributed by atoms with Gasteiger partial charge in [-0.1, -0.05) is 41.9 Å². The van der Waals surface area contributed by atoms with Crippen molar-refractivity contribution in [2.45, 2.75) is 13.5 Å². The van der Waals surface area contributed by atoms with Gasteiger partial charge in [0.05, 0.1) is 22.2 Å². The predicted octanol–water partition coefficient (Wildman–Crippen LogP) is 5.06. The number of para-hydroxylation sites is 1. The molecule has 0 atom stereocenters. The van der Waals surface area contributed by atoms with Gasteiger partial charge in [0.15, 0.2) is 16.6 Å². The number of rotatable bonds is 8. The Morgan fingerprint density at radius 3 is 2.54 bits per heavy atom. The maximum atomic E-state index is 13.2. The summed E-state index contributed by atoms with van der Waals surface area (Å²) in [4.78, 5) is 37.7. The number of carbonyl (C=O) groups excluding carboxylic acids is 2. The van der Waals surface area contributed by atoms with Crippen LogP contribution < -0.4 is 19.7 Å². The third-order valence-electron chi connectivity index (χ3n) is 5.26. The van der Waals surface area contributed by atoms with E-state index in [2.05, 4.69) is 5.32 Å². The van der Waals surface area contributed by atoms with Crippen LogP contribution in [0.5, 0.6) is 11.5 Å². The minimum atomic E-state index is -0.637. The van der Waals surface area contributed by atoms with Crippen molar-refractivity contribution >= 4 is 58.2 Å². The number of carbonyl (C=O) groups is 2. The van der Waals surface area contributed by atoms with E-state index >= 15 is 0 Å². The fourth-order valence-electron chi connectivity index (χ4n) is 3.63. The average molecular weight is 538 g/mol. The summed E-state index contributed by atoms with van der Waals surface area (Å²) in [6.07, 6.45) is 1.40. The van der Waals surface area contributed by atoms with Gasteiger partial charge in [0.1, 0.15) is 12.2 Å². The first-order valence-electron chi connectivity index (χ1n) is 11.1. The van der Waals surface area contributed by atoms with E-state index in [0.29, 0.717) is 23.4 Å². The topological polar surface area (TPSA) is 111 Å². The van der Waals surface area contributed by atoms with Gasteiger partial charge in [0.25, 0.3) is 17.5 Å². The lowest BCUT2D eigenvalue weighted by Crippen LogP contribution is -2.54. The first-order valence-corrected chi connectivity index (χ1v) is 11.9. The number of ether oxygens (including phenoxy) is 2. The second-order valence-electron chi connectivity index (χ2n) is 7.77. The molecule has 0 aliphatic carbocycles. The molecule has 3 aromatic rings. The maximum Gasteiger partial charge on any atom is 0.270 e. The van der Waals surface area contributed by atoms with Crippen LogP contribution >= 0.6 is 23.8 Å². The van der Waals surface area contributed by atoms with Crippen molar-refractivity contribution in [2.24, 2.45) is 0 Å². The first-order chi connectivity index (χ1) is 17.8. The van der Waals surface area contributed by atoms with Crippen LogP contribution in [0, 0.1) is 10.1 Å². The zero-order valence-corrected chi connectivity index (χ0v) is 21.0. The third-order valence-corrected chi connectivity index (χ3v) is 5.83. The molecule has 0 aromatic heterocycles. The monoisotopic (exact) mass is 537 g/mol. The molecule has 37 heavy (non-hydrogen) atoms. The van der Waals surface area contributed by atoms with Crippen molar-refractivity contribution in [2.75, 3.05) is 11.5 Å². The molecule has 0 bridgehead atoms. The zero-order valence-electron chi connectivity index (χ0n) is 19.5. The molecule has 0 radical (unpaired) electrons. The highest BCUT2D eigenvalue weighted by molar-refractivity contribution is 7.80. The maximum absolute atomic E-state index is 13.2. The molecule has 4 rings (SSSR count). The summed E-state index contributed by atoms with van der Waals surface area (Å²) in [6, 6.07) is 17.9. The van der Waals surface area contributed by atoms with Crippen LogP contribution in [-0.2, 0) is 16.2 Å². The number of non-ortho nitro benzene ring substituents is 1. The number of hydrogen-bond acceptors (Lipinski definition) is 7. The molecule has 1 N–H and O–H groups in total. The van der Waals surface area contributed by atoms with Crippen molar-refractivity contribution in [3.8, 4) is 11.5 Å². The van der Waals surface area contributed by atoms with E-state index < -0.39 is 16.7 Å². The Morgan fingerprint density at radius 1 is 1.08 bits per heavy atom. The number of halogens is 1. The van der Waals surface area contributed by atoms with Gasteiger partial charge in [-0.3, -0.25) is 29.9 Å². The van der Waals surface area contributed by atoms with Gasteiger partial charge in [-0.15, -0.1) is 0 Å². The highest BCUT2D eigenvalue weighted by Crippen LogP contribution is 2.38. The lowest BCUT2D eigenvalue weighted by molar-refractivity contribution is -0.384. The van der Waals surface area contributed by atoms with Gasteiger partial charge in [-0.05, 0) is 60.6 Å². The summed E-state index contributed by atoms with van der Waals surface area (Å²) >= 11 is 11.7. The summed E-state index contributed by atoms with van der Waals surface area (Å²) in [5.41, 5.74) is 1.32. The summed E-state index contributed by atoms with van der Waals surface area (Å²) in [5.74, 6) is -0.711. The molecule has 3 aromatic carbocycles. The Bertz CT molecular complexity index is 1430. The Kier molecular flexibility index (Phi) is 7.80. The minimum absolute atomic E-state index is 0.00623. The molecule has 0 unspecified atom stereocenters. The van der Waals surface area contributed by atoms with Gasteiger partial charge in [0, 0.05) is 12.1 Å². The molecule has 188 valence electrons. The second-order valence-corrected chi connectivity index (χ2v) is 8.57. The zero-order chi connectivity index (χ0) is 26.5. The molecule has 1 fully saturated rings. The average Bonchev–Trinajstić information content (AvgIpc) is 2.87. The van der Waals surface area contributed by atoms with Gasteiger partial charge in [-0.25, -0.2) is 0 Å². The van der Waals surface area contributed by atoms with E-state index in [-0.39, 0.29) is 39.5 Å². The molecule has 1 aliphatic heterocycles. The van der Waals surface area contributed by atoms with E-state index in [0.717, 1.165) is 0 Å². The van der Waals surface area contributed by atoms with Crippen LogP contribution in [0.3, 0.4) is 0 Å². The summed E-state index contributed by atoms with van der Waals surface area (Å²) in [7, 11) is 0. The predicted molar refractivity (Wildman–Crippen MR) is 143 cm³/mol. The van der Waals surface area contributed by atoms with Gasteiger partial charge in [0.2, 0.25) is 0 Å². The molecule has 0 saturated carbocycles. The number of anilines is 1. The van der Waals surface area contributed by atoms with Crippen LogP contribution in [0.15, 0.2) is 72.3 Å². The standard InChI is InChI=1S/C26H20ClN3O6S/c1-2-35-22-14-17(13-21(27)23(22)36-15-16-7-6-10-19(11-16)30(33)34)12-20-24(31)28-26(37)29(25(20)32)18-8-4-3-5-9-18/h3-14H,2,15H2,1H3,(H,28,31,37)/b20-12-. The third kappa shape index (κ3) is 5.76. The van der Waals surface area contributed by atoms with Gasteiger partial charge in [-0.2, -0.15) is 0 Å². The molecule has 0 spiro atoms. The SMILES string of the molecule is CCOc1cc(/C=C2/C(=O)NC(=S)N(c3ccccc3)C2=O)cc(Cl)c1OCc1cccc([N+](=O)[O-])c1. The Hall–Kier alpha value is -4.28. The molecule has 1 aliphatic rings. The number of hydrogen-bond donors (Lipinski definition) is 1. The highest BCUT2D eigenvalue weighted by atomic mass is 35.5. The summed E-state index contributed by atoms with van der Waals surface area (Å²) in [6.45, 7) is 2.07. The van der Waals surface area contributed by atoms with E-state index in [9.17, 15) is 19.7 Å². The minimum Gasteiger partial charge on any atom is -0.490 e. The van der Waals surface area contributed by atoms with Crippen LogP contribution in [0.1, 0.15) is 18.1 Å². The van der Waals surface area contributed by atoms with Gasteiger partial charge < -0.3 is 9.47 Å². The van der Waals surface area contributed by atoms with Crippen LogP contribution in [-0.4, -0.2) is 28.5 Å². The van der Waals surface area contributed by atoms with Crippen molar-refractivity contribution in [1.82, 2.24) is 5.32 Å². The quantitative estimate of drug-likeness (QED) is 0.141. The number of nitro benzene ring substituents is 1. The Morgan fingerprint density at radius 2 is 1.84 bits per heavy atom. The van der Waals surface area contributed by atoms with Crippen LogP contribution in [0.25, 0.3) is 6.08 Å². The number of nitrogens with zero attached hydrogens (tertiary/aromatic N) is 2. The van der Waals surface area contributed by atoms with E-state index in [1.54, 1.807) is 55.5 Å². The number of nitro groups is 1. The van der Waals surface area contributed by atoms with Crippen molar-refractivity contribution in [3.63, 3.8) is 0 Å². The van der Waals surface area contributed by atoms with Crippen LogP contribution in [0.4, 0.5) is 11.4 Å². The van der Waals surface area contributed by atoms with E-state index in [4.69, 9.17) is 33.3 Å². The molecule has 2 amide bonds. The van der Waals surface area contributed by atoms with E-state index in [1.165, 1.54) is 29.2 Å². The second kappa shape index (κ2) is 11.2. The largest absolute Gasteiger partial charge is 0.490 e. The summed E-state index contributed by atoms with van der Waals surface area (Å²) in [5, 5.41) is 13.7. The highest BCUT2D eigenvalue weighted by Gasteiger charge is 2.34. The Balaban J connectivity index is 1.64. The van der Waals surface area contributed by atoms with Crippen molar-refractivity contribution in [3.05, 3.63) is 98.6 Å². The molecule has 11 heteroatoms. The van der Waals surface area contributed by atoms with Crippen molar-refractivity contribution < 1.29 is 24.0 Å². The normalized spacial score (nSPS) is 14.5. The smallest absolute Gasteiger partial charge is 0.270 e. The lowest BCUT2D eigenvalue weighted by atomic mass is 10.1. The van der Waals surface area contributed by atoms with Crippen LogP contribution in [0.2, 0.25) is 5.02 Å². The fourth-order valence-corrected chi connectivity index (χ4v) is 4.18. The molecular weight excluding hydrogens is 518 g/mol. The molecule has 1 saturated heterocycles. The lowest BCUT2D eigenvalue weighted by Gasteiger charge is -2.28. The fraction of sp³-hybridized carbons (Fsp3) is 0.115. The van der Waals surface area contributed by atoms with Crippen molar-refractivity contribution in [1.29, 1.82) is 0 Å². The number of benzene rings is 3. The Labute approximate surface area is 222 Å². The summed E-state index contributed by atoms with van der Waals surface area (Å²) < 4.78 is 11.5. The number of amides is 2. The van der Waals surface area contributed by atoms with E-state index in [1.807, 2.05) is 0 Å². The first kappa shape index (κ1) is 25.8. The molecule has 1 heterocycles. The molecular formula is C26H20ClN3O6S. The number of thiocarbonyl (C=S) groups is 1. The van der Waals surface area contributed by atoms with Gasteiger partial charge >= 0.3 is 0 Å². The number of nitrogens with one attached hydrogen (secondary N) is 1. The molecule has 9 nitrogen and oxygen atoms in total.